The molecular weight excluding hydrogens is 256 g/mol. The molecule has 5 heteroatoms. The van der Waals surface area contributed by atoms with Crippen LogP contribution in [0.1, 0.15) is 15.9 Å². The second kappa shape index (κ2) is 5.49. The van der Waals surface area contributed by atoms with Crippen molar-refractivity contribution in [2.45, 2.75) is 13.0 Å². The maximum atomic E-state index is 5.85. The lowest BCUT2D eigenvalue weighted by Gasteiger charge is -2.15. The van der Waals surface area contributed by atoms with Crippen molar-refractivity contribution in [3.63, 3.8) is 0 Å². The molecule has 2 aromatic rings. The molecule has 0 aliphatic heterocycles. The minimum atomic E-state index is -0.144. The van der Waals surface area contributed by atoms with Gasteiger partial charge in [0.2, 0.25) is 0 Å². The first kappa shape index (κ1) is 12.4. The molecule has 0 amide bonds. The summed E-state index contributed by atoms with van der Waals surface area (Å²) in [5.74, 6) is 0.638. The Labute approximate surface area is 109 Å². The average molecular weight is 269 g/mol. The predicted octanol–water partition coefficient (Wildman–Crippen LogP) is 3.18. The number of nitrogens with two attached hydrogens (primary N) is 1. The summed E-state index contributed by atoms with van der Waals surface area (Å²) in [6, 6.07) is 5.83. The van der Waals surface area contributed by atoms with E-state index < -0.39 is 0 Å². The molecule has 1 unspecified atom stereocenters. The van der Waals surface area contributed by atoms with Crippen molar-refractivity contribution < 1.29 is 4.74 Å². The topological polar surface area (TPSA) is 48.1 Å². The lowest BCUT2D eigenvalue weighted by atomic mass is 10.3. The number of aryl methyl sites for hydroxylation is 1. The Morgan fingerprint density at radius 2 is 2.29 bits per heavy atom. The van der Waals surface area contributed by atoms with Crippen LogP contribution in [0.4, 0.5) is 0 Å². The van der Waals surface area contributed by atoms with Crippen molar-refractivity contribution in [2.75, 3.05) is 6.54 Å². The van der Waals surface area contributed by atoms with E-state index in [9.17, 15) is 0 Å². The molecule has 2 N–H and O–H groups in total. The minimum absolute atomic E-state index is 0.144. The zero-order valence-corrected chi connectivity index (χ0v) is 11.0. The van der Waals surface area contributed by atoms with Gasteiger partial charge >= 0.3 is 0 Å². The molecule has 0 saturated heterocycles. The third-order valence-corrected chi connectivity index (χ3v) is 3.55. The zero-order chi connectivity index (χ0) is 12.3. The molecule has 17 heavy (non-hydrogen) atoms. The maximum Gasteiger partial charge on any atom is 0.145 e. The number of nitrogens with zero attached hydrogens (tertiary/aromatic N) is 1. The summed E-state index contributed by atoms with van der Waals surface area (Å²) in [5, 5.41) is 0.556. The molecule has 90 valence electrons. The van der Waals surface area contributed by atoms with E-state index in [0.29, 0.717) is 17.3 Å². The van der Waals surface area contributed by atoms with Crippen molar-refractivity contribution in [1.29, 1.82) is 0 Å². The van der Waals surface area contributed by atoms with E-state index in [0.717, 1.165) is 4.88 Å². The lowest BCUT2D eigenvalue weighted by molar-refractivity contribution is 0.217. The molecule has 0 fully saturated rings. The first-order chi connectivity index (χ1) is 8.19. The number of pyridine rings is 1. The number of thiophene rings is 1. The van der Waals surface area contributed by atoms with Crippen LogP contribution < -0.4 is 10.5 Å². The van der Waals surface area contributed by atoms with Crippen LogP contribution in [-0.4, -0.2) is 11.5 Å². The van der Waals surface area contributed by atoms with E-state index >= 15 is 0 Å². The number of ether oxygens (including phenoxy) is 1. The van der Waals surface area contributed by atoms with Crippen LogP contribution in [0.3, 0.4) is 0 Å². The largest absolute Gasteiger partial charge is 0.482 e. The number of hydrogen-bond donors (Lipinski definition) is 1. The normalized spacial score (nSPS) is 12.4. The van der Waals surface area contributed by atoms with Crippen LogP contribution in [0.5, 0.6) is 5.75 Å². The quantitative estimate of drug-likeness (QED) is 0.926. The first-order valence-electron chi connectivity index (χ1n) is 5.22. The minimum Gasteiger partial charge on any atom is -0.482 e. The van der Waals surface area contributed by atoms with Crippen molar-refractivity contribution in [2.24, 2.45) is 5.73 Å². The van der Waals surface area contributed by atoms with Gasteiger partial charge in [-0.2, -0.15) is 0 Å². The van der Waals surface area contributed by atoms with Crippen LogP contribution in [0.15, 0.2) is 30.6 Å². The van der Waals surface area contributed by atoms with Gasteiger partial charge in [-0.1, -0.05) is 11.6 Å². The molecule has 1 atom stereocenters. The van der Waals surface area contributed by atoms with Gasteiger partial charge in [-0.15, -0.1) is 11.3 Å². The van der Waals surface area contributed by atoms with Crippen LogP contribution in [0, 0.1) is 6.92 Å². The summed E-state index contributed by atoms with van der Waals surface area (Å²) in [6.07, 6.45) is 3.06. The summed E-state index contributed by atoms with van der Waals surface area (Å²) in [7, 11) is 0. The molecule has 0 spiro atoms. The molecule has 0 radical (unpaired) electrons. The molecule has 3 nitrogen and oxygen atoms in total. The standard InChI is InChI=1S/C12H13ClN2OS/c1-8-2-3-12(17-8)11(5-14)16-10-4-9(13)6-15-7-10/h2-4,6-7,11H,5,14H2,1H3. The molecule has 0 aromatic carbocycles. The van der Waals surface area contributed by atoms with Gasteiger partial charge in [0.25, 0.3) is 0 Å². The highest BCUT2D eigenvalue weighted by Crippen LogP contribution is 2.27. The molecule has 0 saturated carbocycles. The SMILES string of the molecule is Cc1ccc(C(CN)Oc2cncc(Cl)c2)s1. The van der Waals surface area contributed by atoms with Gasteiger partial charge < -0.3 is 10.5 Å². The summed E-state index contributed by atoms with van der Waals surface area (Å²) < 4.78 is 5.78. The molecule has 0 aliphatic carbocycles. The van der Waals surface area contributed by atoms with Crippen LogP contribution >= 0.6 is 22.9 Å². The summed E-state index contributed by atoms with van der Waals surface area (Å²) in [6.45, 7) is 2.48. The van der Waals surface area contributed by atoms with E-state index in [1.165, 1.54) is 4.88 Å². The Morgan fingerprint density at radius 1 is 1.47 bits per heavy atom. The molecule has 2 heterocycles. The van der Waals surface area contributed by atoms with Gasteiger partial charge in [0, 0.05) is 28.6 Å². The summed E-state index contributed by atoms with van der Waals surface area (Å²) >= 11 is 7.54. The Bertz CT molecular complexity index is 501. The highest BCUT2D eigenvalue weighted by molar-refractivity contribution is 7.12. The Hall–Kier alpha value is -1.10. The Kier molecular flexibility index (Phi) is 3.99. The molecule has 0 aliphatic rings. The zero-order valence-electron chi connectivity index (χ0n) is 9.39. The summed E-state index contributed by atoms with van der Waals surface area (Å²) in [4.78, 5) is 6.33. The van der Waals surface area contributed by atoms with E-state index in [1.54, 1.807) is 29.8 Å². The molecular formula is C12H13ClN2OS. The van der Waals surface area contributed by atoms with Crippen molar-refractivity contribution >= 4 is 22.9 Å². The smallest absolute Gasteiger partial charge is 0.145 e. The van der Waals surface area contributed by atoms with E-state index in [2.05, 4.69) is 18.0 Å². The maximum absolute atomic E-state index is 5.85. The molecule has 2 rings (SSSR count). The predicted molar refractivity (Wildman–Crippen MR) is 70.7 cm³/mol. The Morgan fingerprint density at radius 3 is 2.88 bits per heavy atom. The third-order valence-electron chi connectivity index (χ3n) is 2.25. The number of rotatable bonds is 4. The second-order valence-corrected chi connectivity index (χ2v) is 5.39. The second-order valence-electron chi connectivity index (χ2n) is 3.63. The van der Waals surface area contributed by atoms with Crippen molar-refractivity contribution in [1.82, 2.24) is 4.98 Å². The van der Waals surface area contributed by atoms with Gasteiger partial charge in [0.1, 0.15) is 11.9 Å². The van der Waals surface area contributed by atoms with E-state index in [-0.39, 0.29) is 6.10 Å². The number of hydrogen-bond acceptors (Lipinski definition) is 4. The van der Waals surface area contributed by atoms with Gasteiger partial charge in [-0.25, -0.2) is 0 Å². The third kappa shape index (κ3) is 3.19. The monoisotopic (exact) mass is 268 g/mol. The van der Waals surface area contributed by atoms with Gasteiger partial charge in [-0.05, 0) is 19.1 Å². The average Bonchev–Trinajstić information content (AvgIpc) is 2.73. The molecule has 2 aromatic heterocycles. The highest BCUT2D eigenvalue weighted by atomic mass is 35.5. The fourth-order valence-electron chi connectivity index (χ4n) is 1.47. The van der Waals surface area contributed by atoms with Crippen LogP contribution in [0.2, 0.25) is 5.02 Å². The lowest BCUT2D eigenvalue weighted by Crippen LogP contribution is -2.17. The Balaban J connectivity index is 2.15. The number of halogens is 1. The van der Waals surface area contributed by atoms with E-state index in [1.807, 2.05) is 6.07 Å². The van der Waals surface area contributed by atoms with E-state index in [4.69, 9.17) is 22.1 Å². The summed E-state index contributed by atoms with van der Waals surface area (Å²) in [5.41, 5.74) is 5.73. The fourth-order valence-corrected chi connectivity index (χ4v) is 2.55. The number of aromatic nitrogens is 1. The van der Waals surface area contributed by atoms with Crippen LogP contribution in [-0.2, 0) is 0 Å². The van der Waals surface area contributed by atoms with Gasteiger partial charge in [0.15, 0.2) is 0 Å². The fraction of sp³-hybridized carbons (Fsp3) is 0.250. The van der Waals surface area contributed by atoms with Gasteiger partial charge in [0.05, 0.1) is 11.2 Å². The molecule has 0 bridgehead atoms. The van der Waals surface area contributed by atoms with Crippen LogP contribution in [0.25, 0.3) is 0 Å². The first-order valence-corrected chi connectivity index (χ1v) is 6.42. The van der Waals surface area contributed by atoms with Gasteiger partial charge in [-0.3, -0.25) is 4.98 Å². The van der Waals surface area contributed by atoms with Crippen molar-refractivity contribution in [3.05, 3.63) is 45.4 Å². The highest BCUT2D eigenvalue weighted by Gasteiger charge is 2.13. The van der Waals surface area contributed by atoms with Crippen molar-refractivity contribution in [3.8, 4) is 5.75 Å².